The first-order valence-electron chi connectivity index (χ1n) is 7.02. The topological polar surface area (TPSA) is 28.2 Å². The van der Waals surface area contributed by atoms with Crippen LogP contribution in [0.2, 0.25) is 0 Å². The minimum atomic E-state index is 0.556. The molecule has 0 saturated carbocycles. The molecule has 0 aliphatic carbocycles. The van der Waals surface area contributed by atoms with Crippen molar-refractivity contribution in [2.45, 2.75) is 39.8 Å². The molecule has 1 N–H and O–H groups in total. The van der Waals surface area contributed by atoms with Crippen molar-refractivity contribution < 1.29 is 0 Å². The number of thioether (sulfide) groups is 1. The van der Waals surface area contributed by atoms with Gasteiger partial charge < -0.3 is 10.2 Å². The molecule has 4 heteroatoms. The van der Waals surface area contributed by atoms with E-state index in [0.717, 1.165) is 31.1 Å². The molecule has 0 aliphatic heterocycles. The van der Waals surface area contributed by atoms with Gasteiger partial charge in [0.05, 0.1) is 0 Å². The third kappa shape index (κ3) is 4.69. The van der Waals surface area contributed by atoms with Gasteiger partial charge in [-0.05, 0) is 43.3 Å². The molecule has 0 bridgehead atoms. The molecule has 0 radical (unpaired) electrons. The minimum Gasteiger partial charge on any atom is -0.356 e. The van der Waals surface area contributed by atoms with Gasteiger partial charge in [-0.1, -0.05) is 13.8 Å². The van der Waals surface area contributed by atoms with Crippen molar-refractivity contribution in [2.24, 2.45) is 0 Å². The Morgan fingerprint density at radius 3 is 2.68 bits per heavy atom. The predicted octanol–water partition coefficient (Wildman–Crippen LogP) is 3.08. The number of pyridine rings is 1. The van der Waals surface area contributed by atoms with E-state index in [-0.39, 0.29) is 0 Å². The van der Waals surface area contributed by atoms with Gasteiger partial charge in [-0.25, -0.2) is 4.98 Å². The Kier molecular flexibility index (Phi) is 7.24. The number of hydrogen-bond acceptors (Lipinski definition) is 4. The van der Waals surface area contributed by atoms with Crippen LogP contribution in [0.15, 0.2) is 12.3 Å². The number of anilines is 1. The molecular formula is C15H27N3S. The zero-order chi connectivity index (χ0) is 14.3. The molecule has 0 saturated heterocycles. The second kappa shape index (κ2) is 8.43. The van der Waals surface area contributed by atoms with Crippen LogP contribution in [0.5, 0.6) is 0 Å². The first kappa shape index (κ1) is 16.3. The van der Waals surface area contributed by atoms with Gasteiger partial charge in [0.1, 0.15) is 5.82 Å². The molecule has 0 aliphatic rings. The summed E-state index contributed by atoms with van der Waals surface area (Å²) >= 11 is 1.90. The number of hydrogen-bond donors (Lipinski definition) is 1. The van der Waals surface area contributed by atoms with Crippen LogP contribution in [0.25, 0.3) is 0 Å². The normalized spacial score (nSPS) is 12.5. The van der Waals surface area contributed by atoms with Crippen molar-refractivity contribution in [3.05, 3.63) is 23.4 Å². The molecule has 108 valence electrons. The van der Waals surface area contributed by atoms with E-state index in [1.54, 1.807) is 0 Å². The Balaban J connectivity index is 2.82. The number of aryl methyl sites for hydroxylation is 1. The van der Waals surface area contributed by atoms with Crippen molar-refractivity contribution in [1.82, 2.24) is 10.3 Å². The van der Waals surface area contributed by atoms with Crippen LogP contribution in [0.1, 0.15) is 31.4 Å². The van der Waals surface area contributed by atoms with E-state index >= 15 is 0 Å². The lowest BCUT2D eigenvalue weighted by Crippen LogP contribution is -2.34. The van der Waals surface area contributed by atoms with Gasteiger partial charge in [0.2, 0.25) is 0 Å². The average Bonchev–Trinajstić information content (AvgIpc) is 2.42. The summed E-state index contributed by atoms with van der Waals surface area (Å²) in [6, 6.07) is 2.80. The van der Waals surface area contributed by atoms with E-state index < -0.39 is 0 Å². The standard InChI is InChI=1S/C15H27N3S/c1-6-14(11-19-5)18(4)15-12(3)8-13(10-17-15)9-16-7-2/h8,10,14,16H,6-7,9,11H2,1-5H3. The number of nitrogens with one attached hydrogen (secondary N) is 1. The van der Waals surface area contributed by atoms with Crippen LogP contribution in [0.3, 0.4) is 0 Å². The highest BCUT2D eigenvalue weighted by Gasteiger charge is 2.15. The average molecular weight is 281 g/mol. The maximum atomic E-state index is 4.66. The summed E-state index contributed by atoms with van der Waals surface area (Å²) in [6.07, 6.45) is 5.31. The highest BCUT2D eigenvalue weighted by atomic mass is 32.2. The Bertz CT molecular complexity index is 382. The van der Waals surface area contributed by atoms with Crippen LogP contribution in [-0.2, 0) is 6.54 Å². The first-order valence-corrected chi connectivity index (χ1v) is 8.41. The largest absolute Gasteiger partial charge is 0.356 e. The predicted molar refractivity (Wildman–Crippen MR) is 87.2 cm³/mol. The van der Waals surface area contributed by atoms with Crippen LogP contribution in [0.4, 0.5) is 5.82 Å². The molecule has 0 amide bonds. The van der Waals surface area contributed by atoms with Gasteiger partial charge in [0.15, 0.2) is 0 Å². The fourth-order valence-corrected chi connectivity index (χ4v) is 3.07. The molecule has 1 aromatic rings. The number of nitrogens with zero attached hydrogens (tertiary/aromatic N) is 2. The Labute approximate surface area is 122 Å². The van der Waals surface area contributed by atoms with E-state index in [0.29, 0.717) is 6.04 Å². The lowest BCUT2D eigenvalue weighted by molar-refractivity contribution is 0.662. The summed E-state index contributed by atoms with van der Waals surface area (Å²) in [6.45, 7) is 8.41. The van der Waals surface area contributed by atoms with Crippen molar-refractivity contribution in [3.8, 4) is 0 Å². The smallest absolute Gasteiger partial charge is 0.131 e. The summed E-state index contributed by atoms with van der Waals surface area (Å²) in [5.74, 6) is 2.26. The second-order valence-corrected chi connectivity index (χ2v) is 5.80. The molecule has 1 atom stereocenters. The highest BCUT2D eigenvalue weighted by Crippen LogP contribution is 2.21. The van der Waals surface area contributed by atoms with E-state index in [4.69, 9.17) is 0 Å². The molecule has 3 nitrogen and oxygen atoms in total. The first-order chi connectivity index (χ1) is 9.13. The Morgan fingerprint density at radius 2 is 2.16 bits per heavy atom. The lowest BCUT2D eigenvalue weighted by atomic mass is 10.1. The van der Waals surface area contributed by atoms with Gasteiger partial charge in [-0.3, -0.25) is 0 Å². The number of aromatic nitrogens is 1. The van der Waals surface area contributed by atoms with Gasteiger partial charge in [-0.2, -0.15) is 11.8 Å². The monoisotopic (exact) mass is 281 g/mol. The molecule has 0 spiro atoms. The van der Waals surface area contributed by atoms with E-state index in [1.165, 1.54) is 11.1 Å². The summed E-state index contributed by atoms with van der Waals surface area (Å²) in [5, 5.41) is 3.34. The van der Waals surface area contributed by atoms with Crippen molar-refractivity contribution in [3.63, 3.8) is 0 Å². The molecule has 1 heterocycles. The molecule has 1 rings (SSSR count). The lowest BCUT2D eigenvalue weighted by Gasteiger charge is -2.29. The van der Waals surface area contributed by atoms with E-state index in [1.807, 2.05) is 18.0 Å². The van der Waals surface area contributed by atoms with Crippen LogP contribution >= 0.6 is 11.8 Å². The fourth-order valence-electron chi connectivity index (χ4n) is 2.23. The molecular weight excluding hydrogens is 254 g/mol. The molecule has 0 fully saturated rings. The molecule has 19 heavy (non-hydrogen) atoms. The van der Waals surface area contributed by atoms with E-state index in [2.05, 4.69) is 55.3 Å². The third-order valence-corrected chi connectivity index (χ3v) is 4.12. The Morgan fingerprint density at radius 1 is 1.42 bits per heavy atom. The quantitative estimate of drug-likeness (QED) is 0.792. The van der Waals surface area contributed by atoms with Gasteiger partial charge in [0, 0.05) is 31.6 Å². The van der Waals surface area contributed by atoms with Crippen LogP contribution in [-0.4, -0.2) is 36.6 Å². The summed E-state index contributed by atoms with van der Waals surface area (Å²) < 4.78 is 0. The zero-order valence-corrected chi connectivity index (χ0v) is 13.7. The molecule has 1 unspecified atom stereocenters. The summed E-state index contributed by atoms with van der Waals surface area (Å²) in [5.41, 5.74) is 2.52. The summed E-state index contributed by atoms with van der Waals surface area (Å²) in [7, 11) is 2.16. The van der Waals surface area contributed by atoms with Gasteiger partial charge in [0.25, 0.3) is 0 Å². The van der Waals surface area contributed by atoms with E-state index in [9.17, 15) is 0 Å². The molecule has 0 aromatic carbocycles. The van der Waals surface area contributed by atoms with Gasteiger partial charge >= 0.3 is 0 Å². The SMILES string of the molecule is CCNCc1cnc(N(C)C(CC)CSC)c(C)c1. The van der Waals surface area contributed by atoms with Crippen LogP contribution in [0, 0.1) is 6.92 Å². The van der Waals surface area contributed by atoms with Gasteiger partial charge in [-0.15, -0.1) is 0 Å². The van der Waals surface area contributed by atoms with Crippen molar-refractivity contribution >= 4 is 17.6 Å². The molecule has 1 aromatic heterocycles. The van der Waals surface area contributed by atoms with Crippen molar-refractivity contribution in [2.75, 3.05) is 30.5 Å². The highest BCUT2D eigenvalue weighted by molar-refractivity contribution is 7.98. The van der Waals surface area contributed by atoms with Crippen molar-refractivity contribution in [1.29, 1.82) is 0 Å². The third-order valence-electron chi connectivity index (χ3n) is 3.40. The fraction of sp³-hybridized carbons (Fsp3) is 0.667. The number of rotatable bonds is 8. The van der Waals surface area contributed by atoms with Crippen LogP contribution < -0.4 is 10.2 Å². The maximum Gasteiger partial charge on any atom is 0.131 e. The maximum absolute atomic E-state index is 4.66. The summed E-state index contributed by atoms with van der Waals surface area (Å²) in [4.78, 5) is 6.98. The minimum absolute atomic E-state index is 0.556. The second-order valence-electron chi connectivity index (χ2n) is 4.89. The Hall–Kier alpha value is -0.740. The zero-order valence-electron chi connectivity index (χ0n) is 12.9.